The fraction of sp³-hybridized carbons (Fsp3) is 0.533. The first-order valence-corrected chi connectivity index (χ1v) is 7.44. The van der Waals surface area contributed by atoms with Gasteiger partial charge in [-0.15, -0.1) is 11.3 Å². The van der Waals surface area contributed by atoms with Gasteiger partial charge in [0, 0.05) is 18.5 Å². The number of ether oxygens (including phenoxy) is 1. The zero-order valence-electron chi connectivity index (χ0n) is 12.0. The topological polar surface area (TPSA) is 49.8 Å². The van der Waals surface area contributed by atoms with Crippen molar-refractivity contribution in [3.05, 3.63) is 21.9 Å². The van der Waals surface area contributed by atoms with Crippen molar-refractivity contribution in [2.75, 3.05) is 19.7 Å². The van der Waals surface area contributed by atoms with Crippen molar-refractivity contribution in [3.8, 4) is 11.8 Å². The molecule has 1 fully saturated rings. The van der Waals surface area contributed by atoms with Gasteiger partial charge in [-0.05, 0) is 26.8 Å². The monoisotopic (exact) mass is 293 g/mol. The van der Waals surface area contributed by atoms with Crippen LogP contribution in [0.1, 0.15) is 36.0 Å². The van der Waals surface area contributed by atoms with Crippen LogP contribution >= 0.6 is 11.3 Å². The van der Waals surface area contributed by atoms with Crippen LogP contribution in [0.3, 0.4) is 0 Å². The molecule has 1 unspecified atom stereocenters. The number of morpholine rings is 1. The molecule has 1 aromatic rings. The lowest BCUT2D eigenvalue weighted by Crippen LogP contribution is -2.53. The van der Waals surface area contributed by atoms with Crippen molar-refractivity contribution in [2.45, 2.75) is 32.5 Å². The van der Waals surface area contributed by atoms with Crippen LogP contribution in [0.5, 0.6) is 0 Å². The first kappa shape index (κ1) is 15.0. The maximum Gasteiger partial charge on any atom is 0.254 e. The number of carbonyl (C=O) groups excluding carboxylic acids is 1. The molecule has 0 saturated carbocycles. The molecule has 0 spiro atoms. The van der Waals surface area contributed by atoms with Crippen LogP contribution in [-0.4, -0.2) is 47.3 Å². The molecule has 0 bridgehead atoms. The smallest absolute Gasteiger partial charge is 0.254 e. The predicted octanol–water partition coefficient (Wildman–Crippen LogP) is 1.73. The second-order valence-electron chi connectivity index (χ2n) is 5.53. The SMILES string of the molecule is CC1CN(C(=O)c2csc(C#CCO)c2)CC(C)(C)O1. The summed E-state index contributed by atoms with van der Waals surface area (Å²) in [5.74, 6) is 5.42. The molecule has 0 aromatic carbocycles. The van der Waals surface area contributed by atoms with E-state index in [-0.39, 0.29) is 24.2 Å². The van der Waals surface area contributed by atoms with Crippen LogP contribution in [0.25, 0.3) is 0 Å². The summed E-state index contributed by atoms with van der Waals surface area (Å²) in [5, 5.41) is 10.5. The van der Waals surface area contributed by atoms with E-state index in [0.717, 1.165) is 4.88 Å². The van der Waals surface area contributed by atoms with Crippen molar-refractivity contribution in [1.82, 2.24) is 4.90 Å². The van der Waals surface area contributed by atoms with Gasteiger partial charge in [0.2, 0.25) is 0 Å². The van der Waals surface area contributed by atoms with Gasteiger partial charge in [0.05, 0.1) is 22.1 Å². The van der Waals surface area contributed by atoms with Gasteiger partial charge in [-0.1, -0.05) is 11.8 Å². The number of thiophene rings is 1. The molecule has 4 nitrogen and oxygen atoms in total. The van der Waals surface area contributed by atoms with Gasteiger partial charge in [0.25, 0.3) is 5.91 Å². The summed E-state index contributed by atoms with van der Waals surface area (Å²) in [6.45, 7) is 6.99. The Bertz CT molecular complexity index is 553. The van der Waals surface area contributed by atoms with E-state index < -0.39 is 0 Å². The van der Waals surface area contributed by atoms with E-state index in [1.165, 1.54) is 11.3 Å². The van der Waals surface area contributed by atoms with Gasteiger partial charge < -0.3 is 14.7 Å². The van der Waals surface area contributed by atoms with Gasteiger partial charge >= 0.3 is 0 Å². The van der Waals surface area contributed by atoms with Gasteiger partial charge in [0.1, 0.15) is 6.61 Å². The van der Waals surface area contributed by atoms with Crippen molar-refractivity contribution in [2.24, 2.45) is 0 Å². The highest BCUT2D eigenvalue weighted by molar-refractivity contribution is 7.10. The third-order valence-electron chi connectivity index (χ3n) is 2.99. The molecule has 1 saturated heterocycles. The Morgan fingerprint density at radius 1 is 1.65 bits per heavy atom. The lowest BCUT2D eigenvalue weighted by atomic mass is 10.0. The van der Waals surface area contributed by atoms with Crippen LogP contribution in [-0.2, 0) is 4.74 Å². The zero-order valence-corrected chi connectivity index (χ0v) is 12.8. The van der Waals surface area contributed by atoms with Gasteiger partial charge in [-0.2, -0.15) is 0 Å². The highest BCUT2D eigenvalue weighted by Crippen LogP contribution is 2.23. The molecule has 108 valence electrons. The lowest BCUT2D eigenvalue weighted by Gasteiger charge is -2.41. The summed E-state index contributed by atoms with van der Waals surface area (Å²) >= 11 is 1.42. The third-order valence-corrected chi connectivity index (χ3v) is 3.84. The molecule has 20 heavy (non-hydrogen) atoms. The van der Waals surface area contributed by atoms with Crippen molar-refractivity contribution < 1.29 is 14.6 Å². The van der Waals surface area contributed by atoms with E-state index in [2.05, 4.69) is 11.8 Å². The molecule has 2 rings (SSSR count). The van der Waals surface area contributed by atoms with Gasteiger partial charge in [-0.25, -0.2) is 0 Å². The molecule has 1 aliphatic heterocycles. The quantitative estimate of drug-likeness (QED) is 0.802. The number of hydrogen-bond acceptors (Lipinski definition) is 4. The van der Waals surface area contributed by atoms with Crippen molar-refractivity contribution >= 4 is 17.2 Å². The second-order valence-corrected chi connectivity index (χ2v) is 6.44. The Kier molecular flexibility index (Phi) is 4.48. The maximum absolute atomic E-state index is 12.5. The van der Waals surface area contributed by atoms with E-state index in [1.807, 2.05) is 31.1 Å². The van der Waals surface area contributed by atoms with E-state index in [0.29, 0.717) is 18.7 Å². The molecular weight excluding hydrogens is 274 g/mol. The molecule has 1 N–H and O–H groups in total. The Morgan fingerprint density at radius 3 is 3.05 bits per heavy atom. The standard InChI is InChI=1S/C15H19NO3S/c1-11-8-16(10-15(2,3)19-11)14(18)12-7-13(20-9-12)5-4-6-17/h7,9,11,17H,6,8,10H2,1-3H3. The van der Waals surface area contributed by atoms with Gasteiger partial charge in [0.15, 0.2) is 0 Å². The summed E-state index contributed by atoms with van der Waals surface area (Å²) in [6, 6.07) is 1.78. The van der Waals surface area contributed by atoms with Crippen LogP contribution in [0.2, 0.25) is 0 Å². The summed E-state index contributed by atoms with van der Waals surface area (Å²) < 4.78 is 5.81. The lowest BCUT2D eigenvalue weighted by molar-refractivity contribution is -0.118. The zero-order chi connectivity index (χ0) is 14.8. The Morgan fingerprint density at radius 2 is 2.40 bits per heavy atom. The number of aliphatic hydroxyl groups is 1. The summed E-state index contributed by atoms with van der Waals surface area (Å²) in [6.07, 6.45) is 0.0370. The normalized spacial score (nSPS) is 21.2. The van der Waals surface area contributed by atoms with Crippen LogP contribution in [0.4, 0.5) is 0 Å². The Labute approximate surface area is 123 Å². The molecule has 1 aliphatic rings. The molecule has 0 radical (unpaired) electrons. The molecule has 1 aromatic heterocycles. The summed E-state index contributed by atoms with van der Waals surface area (Å²) in [7, 11) is 0. The molecule has 2 heterocycles. The second kappa shape index (κ2) is 5.96. The number of rotatable bonds is 1. The van der Waals surface area contributed by atoms with Crippen LogP contribution in [0.15, 0.2) is 11.4 Å². The molecule has 0 aliphatic carbocycles. The maximum atomic E-state index is 12.5. The minimum Gasteiger partial charge on any atom is -0.384 e. The van der Waals surface area contributed by atoms with Crippen LogP contribution < -0.4 is 0 Å². The highest BCUT2D eigenvalue weighted by Gasteiger charge is 2.34. The first-order chi connectivity index (χ1) is 9.41. The minimum atomic E-state index is -0.317. The summed E-state index contributed by atoms with van der Waals surface area (Å²) in [4.78, 5) is 15.1. The average molecular weight is 293 g/mol. The Balaban J connectivity index is 2.12. The van der Waals surface area contributed by atoms with E-state index >= 15 is 0 Å². The van der Waals surface area contributed by atoms with E-state index in [9.17, 15) is 4.79 Å². The highest BCUT2D eigenvalue weighted by atomic mass is 32.1. The average Bonchev–Trinajstić information content (AvgIpc) is 2.81. The fourth-order valence-electron chi connectivity index (χ4n) is 2.43. The largest absolute Gasteiger partial charge is 0.384 e. The van der Waals surface area contributed by atoms with Crippen molar-refractivity contribution in [3.63, 3.8) is 0 Å². The number of aliphatic hydroxyl groups excluding tert-OH is 1. The number of nitrogens with zero attached hydrogens (tertiary/aromatic N) is 1. The summed E-state index contributed by atoms with van der Waals surface area (Å²) in [5.41, 5.74) is 0.338. The number of carbonyl (C=O) groups is 1. The first-order valence-electron chi connectivity index (χ1n) is 6.56. The van der Waals surface area contributed by atoms with E-state index in [1.54, 1.807) is 6.07 Å². The molecule has 5 heteroatoms. The molecule has 1 amide bonds. The third kappa shape index (κ3) is 3.60. The predicted molar refractivity (Wildman–Crippen MR) is 78.8 cm³/mol. The fourth-order valence-corrected chi connectivity index (χ4v) is 3.18. The minimum absolute atomic E-state index is 0.0153. The van der Waals surface area contributed by atoms with Gasteiger partial charge in [-0.3, -0.25) is 4.79 Å². The van der Waals surface area contributed by atoms with Crippen molar-refractivity contribution in [1.29, 1.82) is 0 Å². The number of hydrogen-bond donors (Lipinski definition) is 1. The van der Waals surface area contributed by atoms with Crippen LogP contribution in [0, 0.1) is 11.8 Å². The van der Waals surface area contributed by atoms with E-state index in [4.69, 9.17) is 9.84 Å². The Hall–Kier alpha value is -1.35. The molecule has 1 atom stereocenters. The molecular formula is C15H19NO3S. The number of amides is 1.